The third-order valence-electron chi connectivity index (χ3n) is 2.29. The van der Waals surface area contributed by atoms with Crippen LogP contribution in [0.2, 0.25) is 0 Å². The van der Waals surface area contributed by atoms with Crippen LogP contribution in [0.3, 0.4) is 0 Å². The molecule has 1 saturated carbocycles. The lowest BCUT2D eigenvalue weighted by atomic mass is 10.3. The fraction of sp³-hybridized carbons (Fsp3) is 0.500. The number of hydrogen-bond acceptors (Lipinski definition) is 5. The summed E-state index contributed by atoms with van der Waals surface area (Å²) in [6, 6.07) is 0. The zero-order valence-electron chi connectivity index (χ0n) is 7.84. The zero-order chi connectivity index (χ0) is 10.2. The van der Waals surface area contributed by atoms with E-state index in [0.717, 1.165) is 19.0 Å². The van der Waals surface area contributed by atoms with E-state index in [2.05, 4.69) is 20.7 Å². The van der Waals surface area contributed by atoms with Crippen LogP contribution in [0, 0.1) is 5.82 Å². The van der Waals surface area contributed by atoms with Gasteiger partial charge in [0.05, 0.1) is 6.20 Å². The van der Waals surface area contributed by atoms with E-state index in [1.54, 1.807) is 0 Å². The van der Waals surface area contributed by atoms with Gasteiger partial charge in [-0.1, -0.05) is 0 Å². The Morgan fingerprint density at radius 2 is 2.29 bits per heavy atom. The number of nitrogens with one attached hydrogen (secondary N) is 2. The van der Waals surface area contributed by atoms with Crippen molar-refractivity contribution in [2.45, 2.75) is 25.3 Å². The summed E-state index contributed by atoms with van der Waals surface area (Å²) in [4.78, 5) is 7.53. The molecule has 0 spiro atoms. The van der Waals surface area contributed by atoms with E-state index in [0.29, 0.717) is 0 Å². The Kier molecular flexibility index (Phi) is 1.99. The molecule has 2 rings (SSSR count). The Bertz CT molecular complexity index is 350. The molecule has 1 aromatic heterocycles. The van der Waals surface area contributed by atoms with Crippen LogP contribution in [0.4, 0.5) is 16.2 Å². The number of aromatic nitrogens is 2. The summed E-state index contributed by atoms with van der Waals surface area (Å²) in [6.45, 7) is 2.02. The molecule has 1 aliphatic rings. The Balaban J connectivity index is 2.22. The molecule has 5 nitrogen and oxygen atoms in total. The van der Waals surface area contributed by atoms with Crippen LogP contribution in [-0.2, 0) is 0 Å². The molecule has 6 heteroatoms. The number of nitrogen functional groups attached to an aromatic ring is 1. The summed E-state index contributed by atoms with van der Waals surface area (Å²) in [7, 11) is 0. The molecule has 1 aliphatic carbocycles. The van der Waals surface area contributed by atoms with Crippen molar-refractivity contribution in [3.05, 3.63) is 12.0 Å². The molecule has 4 N–H and O–H groups in total. The molecule has 0 unspecified atom stereocenters. The van der Waals surface area contributed by atoms with Crippen molar-refractivity contribution < 1.29 is 4.39 Å². The molecule has 0 aliphatic heterocycles. The highest BCUT2D eigenvalue weighted by Gasteiger charge is 2.38. The van der Waals surface area contributed by atoms with Crippen molar-refractivity contribution in [2.75, 3.05) is 10.7 Å². The minimum absolute atomic E-state index is 0.0128. The minimum atomic E-state index is -0.461. The van der Waals surface area contributed by atoms with Crippen LogP contribution in [0.1, 0.15) is 19.8 Å². The first-order chi connectivity index (χ1) is 6.63. The van der Waals surface area contributed by atoms with Gasteiger partial charge in [-0.15, -0.1) is 0 Å². The second-order valence-corrected chi connectivity index (χ2v) is 3.72. The van der Waals surface area contributed by atoms with Crippen molar-refractivity contribution in [1.29, 1.82) is 0 Å². The zero-order valence-corrected chi connectivity index (χ0v) is 7.84. The van der Waals surface area contributed by atoms with E-state index in [1.807, 2.05) is 6.92 Å². The van der Waals surface area contributed by atoms with Crippen LogP contribution in [0.15, 0.2) is 6.20 Å². The fourth-order valence-corrected chi connectivity index (χ4v) is 1.12. The van der Waals surface area contributed by atoms with Crippen LogP contribution in [-0.4, -0.2) is 15.5 Å². The molecule has 1 heterocycles. The molecule has 14 heavy (non-hydrogen) atoms. The van der Waals surface area contributed by atoms with Gasteiger partial charge in [-0.25, -0.2) is 15.2 Å². The van der Waals surface area contributed by atoms with Gasteiger partial charge < -0.3 is 5.32 Å². The Labute approximate surface area is 80.9 Å². The first kappa shape index (κ1) is 9.14. The van der Waals surface area contributed by atoms with Crippen molar-refractivity contribution in [3.63, 3.8) is 0 Å². The molecule has 0 amide bonds. The van der Waals surface area contributed by atoms with E-state index in [1.165, 1.54) is 0 Å². The average molecular weight is 197 g/mol. The summed E-state index contributed by atoms with van der Waals surface area (Å²) < 4.78 is 13.2. The second-order valence-electron chi connectivity index (χ2n) is 3.72. The van der Waals surface area contributed by atoms with E-state index in [4.69, 9.17) is 5.84 Å². The molecule has 0 atom stereocenters. The van der Waals surface area contributed by atoms with Crippen molar-refractivity contribution >= 4 is 11.8 Å². The summed E-state index contributed by atoms with van der Waals surface area (Å²) >= 11 is 0. The average Bonchev–Trinajstić information content (AvgIpc) is 2.88. The summed E-state index contributed by atoms with van der Waals surface area (Å²) in [5, 5.41) is 3.01. The van der Waals surface area contributed by atoms with Gasteiger partial charge in [-0.3, -0.25) is 5.43 Å². The first-order valence-corrected chi connectivity index (χ1v) is 4.40. The summed E-state index contributed by atoms with van der Waals surface area (Å²) in [5.74, 6) is 5.07. The minimum Gasteiger partial charge on any atom is -0.362 e. The Morgan fingerprint density at radius 3 is 2.86 bits per heavy atom. The highest BCUT2D eigenvalue weighted by atomic mass is 19.1. The standard InChI is InChI=1S/C8H12FN5/c1-8(2-3-8)13-6-5(9)4-11-7(12-6)14-10/h4H,2-3,10H2,1H3,(H2,11,12,13,14). The number of halogens is 1. The predicted octanol–water partition coefficient (Wildman–Crippen LogP) is 0.866. The smallest absolute Gasteiger partial charge is 0.239 e. The number of rotatable bonds is 3. The predicted molar refractivity (Wildman–Crippen MR) is 51.1 cm³/mol. The van der Waals surface area contributed by atoms with E-state index >= 15 is 0 Å². The molecular formula is C8H12FN5. The number of hydrazine groups is 1. The SMILES string of the molecule is CC1(Nc2nc(NN)ncc2F)CC1. The number of nitrogens with two attached hydrogens (primary N) is 1. The molecule has 0 radical (unpaired) electrons. The van der Waals surface area contributed by atoms with Gasteiger partial charge >= 0.3 is 0 Å². The van der Waals surface area contributed by atoms with Crippen LogP contribution < -0.4 is 16.6 Å². The highest BCUT2D eigenvalue weighted by molar-refractivity contribution is 5.44. The topological polar surface area (TPSA) is 75.9 Å². The van der Waals surface area contributed by atoms with Crippen LogP contribution in [0.5, 0.6) is 0 Å². The monoisotopic (exact) mass is 197 g/mol. The molecule has 0 saturated heterocycles. The van der Waals surface area contributed by atoms with Crippen molar-refractivity contribution in [2.24, 2.45) is 5.84 Å². The maximum Gasteiger partial charge on any atom is 0.239 e. The van der Waals surface area contributed by atoms with Gasteiger partial charge in [0, 0.05) is 5.54 Å². The molecule has 1 fully saturated rings. The first-order valence-electron chi connectivity index (χ1n) is 4.40. The quantitative estimate of drug-likeness (QED) is 0.495. The van der Waals surface area contributed by atoms with E-state index in [-0.39, 0.29) is 17.3 Å². The van der Waals surface area contributed by atoms with E-state index < -0.39 is 5.82 Å². The van der Waals surface area contributed by atoms with Crippen LogP contribution in [0.25, 0.3) is 0 Å². The maximum atomic E-state index is 13.2. The lowest BCUT2D eigenvalue weighted by Gasteiger charge is -2.12. The molecule has 76 valence electrons. The Hall–Kier alpha value is -1.43. The molecule has 0 aromatic carbocycles. The van der Waals surface area contributed by atoms with Crippen molar-refractivity contribution in [3.8, 4) is 0 Å². The van der Waals surface area contributed by atoms with Crippen LogP contribution >= 0.6 is 0 Å². The third kappa shape index (κ3) is 1.74. The summed E-state index contributed by atoms with van der Waals surface area (Å²) in [6.07, 6.45) is 3.15. The highest BCUT2D eigenvalue weighted by Crippen LogP contribution is 2.38. The van der Waals surface area contributed by atoms with Gasteiger partial charge in [0.1, 0.15) is 0 Å². The van der Waals surface area contributed by atoms with E-state index in [9.17, 15) is 4.39 Å². The maximum absolute atomic E-state index is 13.2. The normalized spacial score (nSPS) is 17.6. The van der Waals surface area contributed by atoms with Gasteiger partial charge in [0.15, 0.2) is 11.6 Å². The fourth-order valence-electron chi connectivity index (χ4n) is 1.12. The van der Waals surface area contributed by atoms with Crippen molar-refractivity contribution in [1.82, 2.24) is 9.97 Å². The molecule has 1 aromatic rings. The molecule has 0 bridgehead atoms. The number of hydrogen-bond donors (Lipinski definition) is 3. The molecular weight excluding hydrogens is 185 g/mol. The summed E-state index contributed by atoms with van der Waals surface area (Å²) in [5.41, 5.74) is 2.26. The number of anilines is 2. The van der Waals surface area contributed by atoms with Gasteiger partial charge in [0.2, 0.25) is 5.95 Å². The van der Waals surface area contributed by atoms with Gasteiger partial charge in [0.25, 0.3) is 0 Å². The van der Waals surface area contributed by atoms with Gasteiger partial charge in [-0.05, 0) is 19.8 Å². The lowest BCUT2D eigenvalue weighted by Crippen LogP contribution is -2.19. The number of nitrogens with zero attached hydrogens (tertiary/aromatic N) is 2. The largest absolute Gasteiger partial charge is 0.362 e. The second kappa shape index (κ2) is 3.06. The Morgan fingerprint density at radius 1 is 1.57 bits per heavy atom. The van der Waals surface area contributed by atoms with Gasteiger partial charge in [-0.2, -0.15) is 4.98 Å². The third-order valence-corrected chi connectivity index (χ3v) is 2.29. The lowest BCUT2D eigenvalue weighted by molar-refractivity contribution is 0.612.